The molecular formula is C40H30N4S. The van der Waals surface area contributed by atoms with Gasteiger partial charge in [0.25, 0.3) is 0 Å². The molecule has 6 aromatic carbocycles. The second-order valence-corrected chi connectivity index (χ2v) is 12.7. The van der Waals surface area contributed by atoms with E-state index < -0.39 is 0 Å². The lowest BCUT2D eigenvalue weighted by Crippen LogP contribution is -2.46. The monoisotopic (exact) mass is 598 g/mol. The number of amidine groups is 1. The van der Waals surface area contributed by atoms with Crippen LogP contribution in [0.15, 0.2) is 151 Å². The predicted octanol–water partition coefficient (Wildman–Crippen LogP) is 9.83. The Kier molecular flexibility index (Phi) is 6.08. The molecule has 2 atom stereocenters. The van der Waals surface area contributed by atoms with Crippen molar-refractivity contribution in [2.24, 2.45) is 4.99 Å². The summed E-state index contributed by atoms with van der Waals surface area (Å²) in [6, 6.07) is 52.1. The summed E-state index contributed by atoms with van der Waals surface area (Å²) in [5, 5.41) is 9.01. The Balaban J connectivity index is 1.26. The van der Waals surface area contributed by atoms with Gasteiger partial charge < -0.3 is 9.47 Å². The van der Waals surface area contributed by atoms with Crippen molar-refractivity contribution in [1.82, 2.24) is 14.8 Å². The Morgan fingerprint density at radius 3 is 2.11 bits per heavy atom. The summed E-state index contributed by atoms with van der Waals surface area (Å²) in [5.74, 6) is 0.986. The van der Waals surface area contributed by atoms with Gasteiger partial charge in [0.1, 0.15) is 18.2 Å². The molecule has 0 spiro atoms. The lowest BCUT2D eigenvalue weighted by atomic mass is 10.0. The first kappa shape index (κ1) is 26.2. The molecule has 1 N–H and O–H groups in total. The van der Waals surface area contributed by atoms with Gasteiger partial charge in [-0.25, -0.2) is 4.99 Å². The third-order valence-corrected chi connectivity index (χ3v) is 10.3. The number of hydrogen-bond acceptors (Lipinski definition) is 4. The first-order valence-corrected chi connectivity index (χ1v) is 16.2. The van der Waals surface area contributed by atoms with E-state index in [-0.39, 0.29) is 12.3 Å². The Hall–Kier alpha value is -5.23. The molecular weight excluding hydrogens is 569 g/mol. The van der Waals surface area contributed by atoms with E-state index in [1.807, 2.05) is 11.3 Å². The molecule has 45 heavy (non-hydrogen) atoms. The summed E-state index contributed by atoms with van der Waals surface area (Å²) in [6.45, 7) is 0. The Labute approximate surface area is 265 Å². The third-order valence-electron chi connectivity index (χ3n) is 9.07. The number of aromatic nitrogens is 1. The smallest absolute Gasteiger partial charge is 0.134 e. The first-order chi connectivity index (χ1) is 22.2. The van der Waals surface area contributed by atoms with Crippen molar-refractivity contribution in [3.8, 4) is 5.69 Å². The van der Waals surface area contributed by atoms with E-state index in [1.54, 1.807) is 0 Å². The maximum absolute atomic E-state index is 5.37. The van der Waals surface area contributed by atoms with Crippen molar-refractivity contribution in [2.75, 3.05) is 7.05 Å². The molecule has 1 aliphatic heterocycles. The highest BCUT2D eigenvalue weighted by Gasteiger charge is 2.31. The van der Waals surface area contributed by atoms with E-state index in [0.29, 0.717) is 0 Å². The SMILES string of the molecule is CN1C(c2ccccc2)=NC(c2cccc3c2sc2cc4c(cc23)c2ccccc2n4-c2ccccc2)NC1c1ccccc1. The lowest BCUT2D eigenvalue weighted by Gasteiger charge is -2.39. The Bertz CT molecular complexity index is 2370. The number of benzene rings is 6. The van der Waals surface area contributed by atoms with Gasteiger partial charge in [0, 0.05) is 54.8 Å². The molecule has 0 radical (unpaired) electrons. The van der Waals surface area contributed by atoms with E-state index in [4.69, 9.17) is 4.99 Å². The van der Waals surface area contributed by atoms with E-state index in [9.17, 15) is 0 Å². The quantitative estimate of drug-likeness (QED) is 0.219. The molecule has 0 saturated carbocycles. The van der Waals surface area contributed by atoms with Crippen LogP contribution in [0.25, 0.3) is 47.7 Å². The van der Waals surface area contributed by atoms with Crippen LogP contribution in [-0.4, -0.2) is 22.4 Å². The van der Waals surface area contributed by atoms with Gasteiger partial charge in [-0.1, -0.05) is 115 Å². The van der Waals surface area contributed by atoms with Gasteiger partial charge in [-0.2, -0.15) is 0 Å². The highest BCUT2D eigenvalue weighted by molar-refractivity contribution is 7.26. The lowest BCUT2D eigenvalue weighted by molar-refractivity contribution is 0.258. The zero-order chi connectivity index (χ0) is 29.9. The minimum atomic E-state index is -0.202. The number of nitrogens with zero attached hydrogens (tertiary/aromatic N) is 3. The van der Waals surface area contributed by atoms with Crippen LogP contribution < -0.4 is 5.32 Å². The van der Waals surface area contributed by atoms with Crippen molar-refractivity contribution in [1.29, 1.82) is 0 Å². The van der Waals surface area contributed by atoms with Crippen LogP contribution >= 0.6 is 11.3 Å². The fraction of sp³-hybridized carbons (Fsp3) is 0.0750. The van der Waals surface area contributed by atoms with Crippen LogP contribution in [-0.2, 0) is 0 Å². The summed E-state index contributed by atoms with van der Waals surface area (Å²) in [7, 11) is 2.13. The summed E-state index contributed by atoms with van der Waals surface area (Å²) < 4.78 is 4.96. The summed E-state index contributed by atoms with van der Waals surface area (Å²) in [6.07, 6.45) is -0.222. The third kappa shape index (κ3) is 4.20. The molecule has 4 nitrogen and oxygen atoms in total. The summed E-state index contributed by atoms with van der Waals surface area (Å²) in [5.41, 5.74) is 7.17. The van der Waals surface area contributed by atoms with E-state index >= 15 is 0 Å². The van der Waals surface area contributed by atoms with Crippen LogP contribution in [0.4, 0.5) is 0 Å². The predicted molar refractivity (Wildman–Crippen MR) is 189 cm³/mol. The zero-order valence-electron chi connectivity index (χ0n) is 24.8. The fourth-order valence-corrected chi connectivity index (χ4v) is 8.22. The second-order valence-electron chi connectivity index (χ2n) is 11.7. The average molecular weight is 599 g/mol. The van der Waals surface area contributed by atoms with Gasteiger partial charge in [0.2, 0.25) is 0 Å². The molecule has 5 heteroatoms. The van der Waals surface area contributed by atoms with Gasteiger partial charge >= 0.3 is 0 Å². The molecule has 0 amide bonds. The summed E-state index contributed by atoms with van der Waals surface area (Å²) in [4.78, 5) is 7.63. The number of aliphatic imine (C=N–C) groups is 1. The van der Waals surface area contributed by atoms with Crippen LogP contribution in [0.5, 0.6) is 0 Å². The maximum atomic E-state index is 5.37. The number of para-hydroxylation sites is 2. The first-order valence-electron chi connectivity index (χ1n) is 15.4. The molecule has 2 unspecified atom stereocenters. The van der Waals surface area contributed by atoms with Crippen LogP contribution in [0.2, 0.25) is 0 Å². The normalized spacial score (nSPS) is 17.0. The van der Waals surface area contributed by atoms with Crippen LogP contribution in [0, 0.1) is 0 Å². The maximum Gasteiger partial charge on any atom is 0.134 e. The molecule has 0 saturated heterocycles. The molecule has 3 heterocycles. The Morgan fingerprint density at radius 2 is 1.31 bits per heavy atom. The van der Waals surface area contributed by atoms with Gasteiger partial charge in [0.05, 0.1) is 11.0 Å². The van der Waals surface area contributed by atoms with Crippen LogP contribution in [0.3, 0.4) is 0 Å². The molecule has 216 valence electrons. The zero-order valence-corrected chi connectivity index (χ0v) is 25.6. The summed E-state index contributed by atoms with van der Waals surface area (Å²) >= 11 is 1.87. The van der Waals surface area contributed by atoms with Crippen LogP contribution in [0.1, 0.15) is 29.0 Å². The van der Waals surface area contributed by atoms with Gasteiger partial charge in [0.15, 0.2) is 0 Å². The topological polar surface area (TPSA) is 32.6 Å². The van der Waals surface area contributed by atoms with Gasteiger partial charge in [-0.3, -0.25) is 5.32 Å². The Morgan fingerprint density at radius 1 is 0.622 bits per heavy atom. The molecule has 0 bridgehead atoms. The number of nitrogens with one attached hydrogen (secondary N) is 1. The molecule has 1 aliphatic rings. The van der Waals surface area contributed by atoms with Gasteiger partial charge in [-0.05, 0) is 35.9 Å². The number of thiophene rings is 1. The average Bonchev–Trinajstić information content (AvgIpc) is 3.63. The van der Waals surface area contributed by atoms with Crippen molar-refractivity contribution in [3.63, 3.8) is 0 Å². The molecule has 0 fully saturated rings. The minimum absolute atomic E-state index is 0.0201. The van der Waals surface area contributed by atoms with E-state index in [1.165, 1.54) is 58.8 Å². The molecule has 9 rings (SSSR count). The van der Waals surface area contributed by atoms with E-state index in [0.717, 1.165) is 11.4 Å². The van der Waals surface area contributed by atoms with E-state index in [2.05, 4.69) is 167 Å². The second kappa shape index (κ2) is 10.4. The van der Waals surface area contributed by atoms with Crippen molar-refractivity contribution < 1.29 is 0 Å². The van der Waals surface area contributed by atoms with Gasteiger partial charge in [-0.15, -0.1) is 11.3 Å². The molecule has 8 aromatic rings. The molecule has 2 aromatic heterocycles. The molecule has 0 aliphatic carbocycles. The van der Waals surface area contributed by atoms with Crippen molar-refractivity contribution in [2.45, 2.75) is 12.3 Å². The van der Waals surface area contributed by atoms with Crippen molar-refractivity contribution in [3.05, 3.63) is 162 Å². The number of fused-ring (bicyclic) bond motifs is 6. The minimum Gasteiger partial charge on any atom is -0.340 e. The number of hydrogen-bond donors (Lipinski definition) is 1. The number of rotatable bonds is 4. The standard InChI is InChI=1S/C40H30N4S/c1-43-39(26-14-5-2-6-15-26)41-38(42-40(43)27-16-7-3-8-17-27)31-22-13-21-30-33-24-32-29-20-11-12-23-34(29)44(28-18-9-4-10-19-28)35(32)25-36(33)45-37(30)31/h2-25,38-39,41H,1H3. The van der Waals surface area contributed by atoms with Crippen molar-refractivity contribution >= 4 is 59.2 Å². The highest BCUT2D eigenvalue weighted by atomic mass is 32.1. The largest absolute Gasteiger partial charge is 0.340 e. The highest BCUT2D eigenvalue weighted by Crippen LogP contribution is 2.43. The fourth-order valence-electron chi connectivity index (χ4n) is 6.97.